The van der Waals surface area contributed by atoms with E-state index >= 15 is 0 Å². The summed E-state index contributed by atoms with van der Waals surface area (Å²) in [6.07, 6.45) is 4.02. The van der Waals surface area contributed by atoms with Crippen LogP contribution in [0.2, 0.25) is 0 Å². The van der Waals surface area contributed by atoms with Gasteiger partial charge in [-0.2, -0.15) is 5.10 Å². The Morgan fingerprint density at radius 2 is 1.79 bits per heavy atom. The third-order valence-electron chi connectivity index (χ3n) is 7.39. The molecule has 3 heterocycles. The molecule has 2 saturated heterocycles. The van der Waals surface area contributed by atoms with Crippen LogP contribution in [0.1, 0.15) is 90.6 Å². The lowest BCUT2D eigenvalue weighted by Crippen LogP contribution is -2.73. The maximum absolute atomic E-state index is 13.4. The topological polar surface area (TPSA) is 70.5 Å². The standard InChI is InChI=1S/C26H45N5O2/c1-9-10-13-30-23(32)22(16-18(2)3)27-24(33)26(30)11-14-29(15-12-26)17-21-19(4)28-31(20(21)5)25(6,7)8/h18,22H,9-17H2,1-8H3,(H,27,33)/t22-/m0/s1. The monoisotopic (exact) mass is 459 g/mol. The quantitative estimate of drug-likeness (QED) is 0.674. The molecule has 1 N–H and O–H groups in total. The minimum Gasteiger partial charge on any atom is -0.342 e. The Balaban J connectivity index is 1.76. The van der Waals surface area contributed by atoms with Gasteiger partial charge in [-0.3, -0.25) is 19.2 Å². The van der Waals surface area contributed by atoms with Gasteiger partial charge >= 0.3 is 0 Å². The van der Waals surface area contributed by atoms with E-state index in [9.17, 15) is 9.59 Å². The fourth-order valence-electron chi connectivity index (χ4n) is 5.51. The molecule has 186 valence electrons. The maximum atomic E-state index is 13.4. The van der Waals surface area contributed by atoms with Gasteiger partial charge in [0.2, 0.25) is 11.8 Å². The van der Waals surface area contributed by atoms with E-state index in [0.29, 0.717) is 31.7 Å². The molecular formula is C26H45N5O2. The van der Waals surface area contributed by atoms with Crippen LogP contribution in [0.25, 0.3) is 0 Å². The molecule has 1 aromatic heterocycles. The number of hydrogen-bond donors (Lipinski definition) is 1. The SMILES string of the molecule is CCCCN1C(=O)[C@H](CC(C)C)NC(=O)C12CCN(Cc1c(C)nn(C(C)(C)C)c1C)CC2. The average molecular weight is 460 g/mol. The fourth-order valence-corrected chi connectivity index (χ4v) is 5.51. The summed E-state index contributed by atoms with van der Waals surface area (Å²) in [6, 6.07) is -0.383. The Hall–Kier alpha value is -1.89. The second-order valence-corrected chi connectivity index (χ2v) is 11.5. The predicted molar refractivity (Wildman–Crippen MR) is 132 cm³/mol. The smallest absolute Gasteiger partial charge is 0.246 e. The number of amides is 2. The van der Waals surface area contributed by atoms with E-state index in [4.69, 9.17) is 5.10 Å². The third kappa shape index (κ3) is 5.13. The van der Waals surface area contributed by atoms with Crippen LogP contribution in [-0.2, 0) is 21.7 Å². The van der Waals surface area contributed by atoms with Crippen molar-refractivity contribution in [2.75, 3.05) is 19.6 Å². The van der Waals surface area contributed by atoms with Crippen molar-refractivity contribution in [2.24, 2.45) is 5.92 Å². The zero-order chi connectivity index (χ0) is 24.6. The number of nitrogens with zero attached hydrogens (tertiary/aromatic N) is 4. The second kappa shape index (κ2) is 9.77. The summed E-state index contributed by atoms with van der Waals surface area (Å²) in [5.74, 6) is 0.531. The van der Waals surface area contributed by atoms with E-state index < -0.39 is 5.54 Å². The lowest BCUT2D eigenvalue weighted by molar-refractivity contribution is -0.161. The van der Waals surface area contributed by atoms with E-state index in [2.05, 4.69) is 70.3 Å². The van der Waals surface area contributed by atoms with Gasteiger partial charge in [-0.05, 0) is 66.2 Å². The van der Waals surface area contributed by atoms with Crippen LogP contribution in [0.5, 0.6) is 0 Å². The van der Waals surface area contributed by atoms with Gasteiger partial charge in [0.25, 0.3) is 0 Å². The molecule has 0 aliphatic carbocycles. The first-order chi connectivity index (χ1) is 15.4. The minimum absolute atomic E-state index is 0.0497. The van der Waals surface area contributed by atoms with E-state index in [1.807, 2.05) is 4.90 Å². The molecule has 2 aliphatic heterocycles. The average Bonchev–Trinajstić information content (AvgIpc) is 3.01. The van der Waals surface area contributed by atoms with Crippen molar-refractivity contribution in [3.8, 4) is 0 Å². The third-order valence-corrected chi connectivity index (χ3v) is 7.39. The van der Waals surface area contributed by atoms with Crippen LogP contribution in [0.15, 0.2) is 0 Å². The van der Waals surface area contributed by atoms with Crippen LogP contribution in [-0.4, -0.2) is 62.6 Å². The zero-order valence-corrected chi connectivity index (χ0v) is 22.1. The van der Waals surface area contributed by atoms with E-state index in [0.717, 1.165) is 38.2 Å². The molecule has 0 aromatic carbocycles. The summed E-state index contributed by atoms with van der Waals surface area (Å²) in [4.78, 5) is 31.2. The highest BCUT2D eigenvalue weighted by atomic mass is 16.2. The van der Waals surface area contributed by atoms with Crippen molar-refractivity contribution in [3.63, 3.8) is 0 Å². The molecule has 3 rings (SSSR count). The van der Waals surface area contributed by atoms with Crippen LogP contribution >= 0.6 is 0 Å². The molecule has 7 nitrogen and oxygen atoms in total. The van der Waals surface area contributed by atoms with Crippen molar-refractivity contribution in [3.05, 3.63) is 17.0 Å². The molecule has 2 aliphatic rings. The summed E-state index contributed by atoms with van der Waals surface area (Å²) in [5, 5.41) is 7.91. The fraction of sp³-hybridized carbons (Fsp3) is 0.808. The molecule has 1 spiro atoms. The zero-order valence-electron chi connectivity index (χ0n) is 22.1. The van der Waals surface area contributed by atoms with E-state index in [1.165, 1.54) is 11.3 Å². The Morgan fingerprint density at radius 3 is 2.30 bits per heavy atom. The van der Waals surface area contributed by atoms with Crippen LogP contribution in [0.4, 0.5) is 0 Å². The van der Waals surface area contributed by atoms with Gasteiger partial charge in [0.15, 0.2) is 0 Å². The Kier molecular flexibility index (Phi) is 7.62. The van der Waals surface area contributed by atoms with Crippen molar-refractivity contribution in [1.29, 1.82) is 0 Å². The first-order valence-electron chi connectivity index (χ1n) is 12.8. The number of likely N-dealkylation sites (tertiary alicyclic amines) is 1. The van der Waals surface area contributed by atoms with Gasteiger partial charge < -0.3 is 10.2 Å². The molecule has 0 saturated carbocycles. The number of carbonyl (C=O) groups is 2. The van der Waals surface area contributed by atoms with Gasteiger partial charge in [0.05, 0.1) is 11.2 Å². The highest BCUT2D eigenvalue weighted by Gasteiger charge is 2.53. The molecule has 7 heteroatoms. The number of aromatic nitrogens is 2. The molecule has 0 unspecified atom stereocenters. The Bertz CT molecular complexity index is 859. The number of aryl methyl sites for hydroxylation is 1. The van der Waals surface area contributed by atoms with Crippen LogP contribution in [0, 0.1) is 19.8 Å². The molecule has 2 amide bonds. The molecular weight excluding hydrogens is 414 g/mol. The van der Waals surface area contributed by atoms with Crippen LogP contribution in [0.3, 0.4) is 0 Å². The first kappa shape index (κ1) is 25.7. The molecule has 2 fully saturated rings. The highest BCUT2D eigenvalue weighted by molar-refractivity contribution is 6.00. The normalized spacial score (nSPS) is 21.8. The maximum Gasteiger partial charge on any atom is 0.246 e. The summed E-state index contributed by atoms with van der Waals surface area (Å²) in [6.45, 7) is 20.2. The summed E-state index contributed by atoms with van der Waals surface area (Å²) in [7, 11) is 0. The number of carbonyl (C=O) groups excluding carboxylic acids is 2. The second-order valence-electron chi connectivity index (χ2n) is 11.5. The predicted octanol–water partition coefficient (Wildman–Crippen LogP) is 3.76. The van der Waals surface area contributed by atoms with E-state index in [-0.39, 0.29) is 23.4 Å². The van der Waals surface area contributed by atoms with Gasteiger partial charge in [-0.25, -0.2) is 0 Å². The summed E-state index contributed by atoms with van der Waals surface area (Å²) in [5.41, 5.74) is 2.83. The van der Waals surface area contributed by atoms with E-state index in [1.54, 1.807) is 0 Å². The molecule has 0 bridgehead atoms. The number of hydrogen-bond acceptors (Lipinski definition) is 4. The van der Waals surface area contributed by atoms with Gasteiger partial charge in [-0.1, -0.05) is 27.2 Å². The lowest BCUT2D eigenvalue weighted by Gasteiger charge is -2.52. The molecule has 1 atom stereocenters. The number of piperidine rings is 1. The number of nitrogens with one attached hydrogen (secondary N) is 1. The largest absolute Gasteiger partial charge is 0.342 e. The Morgan fingerprint density at radius 1 is 1.15 bits per heavy atom. The molecule has 33 heavy (non-hydrogen) atoms. The first-order valence-corrected chi connectivity index (χ1v) is 12.8. The van der Waals surface area contributed by atoms with Crippen LogP contribution < -0.4 is 5.32 Å². The number of rotatable bonds is 7. The molecule has 0 radical (unpaired) electrons. The van der Waals surface area contributed by atoms with Gasteiger partial charge in [0.1, 0.15) is 11.6 Å². The van der Waals surface area contributed by atoms with Crippen molar-refractivity contribution in [2.45, 2.75) is 111 Å². The number of unbranched alkanes of at least 4 members (excludes halogenated alkanes) is 1. The Labute approximate surface area is 200 Å². The summed E-state index contributed by atoms with van der Waals surface area (Å²) < 4.78 is 2.12. The van der Waals surface area contributed by atoms with Crippen molar-refractivity contribution < 1.29 is 9.59 Å². The highest BCUT2D eigenvalue weighted by Crippen LogP contribution is 2.35. The number of piperazine rings is 1. The van der Waals surface area contributed by atoms with Gasteiger partial charge in [0, 0.05) is 37.4 Å². The van der Waals surface area contributed by atoms with Gasteiger partial charge in [-0.15, -0.1) is 0 Å². The van der Waals surface area contributed by atoms with Crippen molar-refractivity contribution >= 4 is 11.8 Å². The molecule has 1 aromatic rings. The lowest BCUT2D eigenvalue weighted by atomic mass is 9.80. The minimum atomic E-state index is -0.698. The summed E-state index contributed by atoms with van der Waals surface area (Å²) >= 11 is 0. The van der Waals surface area contributed by atoms with Crippen molar-refractivity contribution in [1.82, 2.24) is 24.9 Å².